The number of aliphatic hydroxyl groups excluding tert-OH is 1. The maximum atomic E-state index is 12.0. The second-order valence-electron chi connectivity index (χ2n) is 6.72. The third-order valence-electron chi connectivity index (χ3n) is 3.41. The van der Waals surface area contributed by atoms with Crippen LogP contribution in [0.1, 0.15) is 47.0 Å². The van der Waals surface area contributed by atoms with E-state index in [1.807, 2.05) is 0 Å². The Morgan fingerprint density at radius 3 is 2.72 bits per heavy atom. The monoisotopic (exact) mass is 256 g/mol. The van der Waals surface area contributed by atoms with E-state index in [1.165, 1.54) is 0 Å². The molecular formula is C14H28N2O2. The van der Waals surface area contributed by atoms with Crippen molar-refractivity contribution in [3.05, 3.63) is 0 Å². The number of nitrogens with one attached hydrogen (secondary N) is 2. The van der Waals surface area contributed by atoms with Crippen LogP contribution in [-0.2, 0) is 4.79 Å². The summed E-state index contributed by atoms with van der Waals surface area (Å²) in [6.45, 7) is 9.62. The summed E-state index contributed by atoms with van der Waals surface area (Å²) in [5, 5.41) is 16.0. The predicted molar refractivity (Wildman–Crippen MR) is 73.3 cm³/mol. The van der Waals surface area contributed by atoms with Crippen molar-refractivity contribution in [3.8, 4) is 0 Å². The Hall–Kier alpha value is -0.610. The minimum absolute atomic E-state index is 0.0233. The van der Waals surface area contributed by atoms with Gasteiger partial charge in [0, 0.05) is 6.54 Å². The molecule has 0 radical (unpaired) electrons. The van der Waals surface area contributed by atoms with Crippen LogP contribution in [0.25, 0.3) is 0 Å². The minimum atomic E-state index is -0.465. The van der Waals surface area contributed by atoms with Crippen LogP contribution in [0.4, 0.5) is 0 Å². The normalized spacial score (nSPS) is 26.7. The molecule has 0 spiro atoms. The van der Waals surface area contributed by atoms with Gasteiger partial charge in [-0.2, -0.15) is 0 Å². The molecule has 0 aliphatic carbocycles. The lowest BCUT2D eigenvalue weighted by Gasteiger charge is -2.29. The van der Waals surface area contributed by atoms with E-state index < -0.39 is 6.10 Å². The fourth-order valence-corrected chi connectivity index (χ4v) is 2.51. The van der Waals surface area contributed by atoms with E-state index in [0.717, 1.165) is 19.4 Å². The number of amides is 1. The number of carbonyl (C=O) groups is 1. The molecule has 1 aliphatic heterocycles. The van der Waals surface area contributed by atoms with E-state index in [2.05, 4.69) is 38.3 Å². The third kappa shape index (κ3) is 5.36. The number of hydrogen-bond acceptors (Lipinski definition) is 3. The van der Waals surface area contributed by atoms with Gasteiger partial charge in [-0.05, 0) is 37.1 Å². The Morgan fingerprint density at radius 2 is 2.17 bits per heavy atom. The Balaban J connectivity index is 2.32. The molecule has 1 saturated heterocycles. The molecule has 18 heavy (non-hydrogen) atoms. The highest BCUT2D eigenvalue weighted by atomic mass is 16.3. The van der Waals surface area contributed by atoms with Crippen molar-refractivity contribution in [3.63, 3.8) is 0 Å². The molecule has 1 aliphatic rings. The summed E-state index contributed by atoms with van der Waals surface area (Å²) in [5.74, 6) is 0.397. The molecule has 0 aromatic heterocycles. The van der Waals surface area contributed by atoms with Crippen molar-refractivity contribution in [2.75, 3.05) is 13.1 Å². The van der Waals surface area contributed by atoms with Crippen LogP contribution in [0.5, 0.6) is 0 Å². The van der Waals surface area contributed by atoms with E-state index in [0.29, 0.717) is 18.9 Å². The minimum Gasteiger partial charge on any atom is -0.391 e. The van der Waals surface area contributed by atoms with E-state index in [1.54, 1.807) is 0 Å². The smallest absolute Gasteiger partial charge is 0.237 e. The molecule has 1 fully saturated rings. The van der Waals surface area contributed by atoms with E-state index in [4.69, 9.17) is 0 Å². The van der Waals surface area contributed by atoms with Gasteiger partial charge in [0.15, 0.2) is 0 Å². The first-order valence-electron chi connectivity index (χ1n) is 6.99. The van der Waals surface area contributed by atoms with Gasteiger partial charge in [0.05, 0.1) is 12.1 Å². The molecule has 1 rings (SSSR count). The summed E-state index contributed by atoms with van der Waals surface area (Å²) in [6.07, 6.45) is 2.46. The van der Waals surface area contributed by atoms with Crippen LogP contribution in [0.3, 0.4) is 0 Å². The average Bonchev–Trinajstić information content (AvgIpc) is 2.24. The number of aliphatic hydroxyl groups is 1. The summed E-state index contributed by atoms with van der Waals surface area (Å²) >= 11 is 0. The maximum Gasteiger partial charge on any atom is 0.237 e. The first-order valence-corrected chi connectivity index (χ1v) is 6.99. The third-order valence-corrected chi connectivity index (χ3v) is 3.41. The topological polar surface area (TPSA) is 61.4 Å². The lowest BCUT2D eigenvalue weighted by molar-refractivity contribution is -0.125. The number of hydrogen-bond donors (Lipinski definition) is 3. The highest BCUT2D eigenvalue weighted by molar-refractivity contribution is 5.82. The molecule has 3 unspecified atom stereocenters. The standard InChI is InChI=1S/C14H28N2O2/c1-10-6-5-7-15-12(10)13(18)16-9-11(17)8-14(2,3)4/h10-12,15,17H,5-9H2,1-4H3,(H,16,18). The molecule has 3 atom stereocenters. The summed E-state index contributed by atoms with van der Waals surface area (Å²) < 4.78 is 0. The molecule has 4 nitrogen and oxygen atoms in total. The summed E-state index contributed by atoms with van der Waals surface area (Å²) in [7, 11) is 0. The van der Waals surface area contributed by atoms with Crippen molar-refractivity contribution < 1.29 is 9.90 Å². The van der Waals surface area contributed by atoms with Gasteiger partial charge in [-0.1, -0.05) is 27.7 Å². The van der Waals surface area contributed by atoms with Crippen molar-refractivity contribution >= 4 is 5.91 Å². The zero-order chi connectivity index (χ0) is 13.8. The first-order chi connectivity index (χ1) is 8.29. The Morgan fingerprint density at radius 1 is 1.50 bits per heavy atom. The zero-order valence-electron chi connectivity index (χ0n) is 12.1. The van der Waals surface area contributed by atoms with Gasteiger partial charge in [-0.25, -0.2) is 0 Å². The molecule has 106 valence electrons. The van der Waals surface area contributed by atoms with Gasteiger partial charge in [-0.15, -0.1) is 0 Å². The predicted octanol–water partition coefficient (Wildman–Crippen LogP) is 1.29. The Kier molecular flexibility index (Phi) is 5.60. The fourth-order valence-electron chi connectivity index (χ4n) is 2.51. The molecule has 1 amide bonds. The lowest BCUT2D eigenvalue weighted by Crippen LogP contribution is -2.52. The molecule has 0 bridgehead atoms. The van der Waals surface area contributed by atoms with Gasteiger partial charge in [0.2, 0.25) is 5.91 Å². The Bertz CT molecular complexity index is 273. The lowest BCUT2D eigenvalue weighted by atomic mass is 9.89. The molecule has 1 heterocycles. The second kappa shape index (κ2) is 6.53. The van der Waals surface area contributed by atoms with E-state index in [-0.39, 0.29) is 17.4 Å². The molecule has 0 saturated carbocycles. The number of carbonyl (C=O) groups excluding carboxylic acids is 1. The molecule has 0 aromatic carbocycles. The van der Waals surface area contributed by atoms with Crippen molar-refractivity contribution in [1.29, 1.82) is 0 Å². The summed E-state index contributed by atoms with van der Waals surface area (Å²) in [6, 6.07) is -0.0967. The van der Waals surface area contributed by atoms with Gasteiger partial charge < -0.3 is 15.7 Å². The van der Waals surface area contributed by atoms with Crippen LogP contribution in [-0.4, -0.2) is 36.2 Å². The molecule has 0 aromatic rings. The Labute approximate surface area is 111 Å². The van der Waals surface area contributed by atoms with E-state index >= 15 is 0 Å². The molecule has 4 heteroatoms. The second-order valence-corrected chi connectivity index (χ2v) is 6.72. The van der Waals surface area contributed by atoms with E-state index in [9.17, 15) is 9.90 Å². The van der Waals surface area contributed by atoms with Crippen LogP contribution >= 0.6 is 0 Å². The van der Waals surface area contributed by atoms with Gasteiger partial charge in [-0.3, -0.25) is 4.79 Å². The van der Waals surface area contributed by atoms with Crippen LogP contribution < -0.4 is 10.6 Å². The summed E-state index contributed by atoms with van der Waals surface area (Å²) in [4.78, 5) is 12.0. The summed E-state index contributed by atoms with van der Waals surface area (Å²) in [5.41, 5.74) is 0.0839. The largest absolute Gasteiger partial charge is 0.391 e. The average molecular weight is 256 g/mol. The van der Waals surface area contributed by atoms with Gasteiger partial charge in [0.1, 0.15) is 0 Å². The molecular weight excluding hydrogens is 228 g/mol. The number of piperidine rings is 1. The van der Waals surface area contributed by atoms with Gasteiger partial charge >= 0.3 is 0 Å². The maximum absolute atomic E-state index is 12.0. The van der Waals surface area contributed by atoms with Gasteiger partial charge in [0.25, 0.3) is 0 Å². The first kappa shape index (κ1) is 15.4. The fraction of sp³-hybridized carbons (Fsp3) is 0.929. The van der Waals surface area contributed by atoms with Crippen molar-refractivity contribution in [2.45, 2.75) is 59.1 Å². The van der Waals surface area contributed by atoms with Crippen LogP contribution in [0, 0.1) is 11.3 Å². The van der Waals surface area contributed by atoms with Crippen molar-refractivity contribution in [2.24, 2.45) is 11.3 Å². The highest BCUT2D eigenvalue weighted by Crippen LogP contribution is 2.20. The quantitative estimate of drug-likeness (QED) is 0.710. The zero-order valence-corrected chi connectivity index (χ0v) is 12.1. The van der Waals surface area contributed by atoms with Crippen LogP contribution in [0.15, 0.2) is 0 Å². The SMILES string of the molecule is CC1CCCNC1C(=O)NCC(O)CC(C)(C)C. The highest BCUT2D eigenvalue weighted by Gasteiger charge is 2.27. The molecule has 3 N–H and O–H groups in total. The van der Waals surface area contributed by atoms with Crippen molar-refractivity contribution in [1.82, 2.24) is 10.6 Å². The number of rotatable bonds is 4. The van der Waals surface area contributed by atoms with Crippen LogP contribution in [0.2, 0.25) is 0 Å².